The van der Waals surface area contributed by atoms with Crippen LogP contribution in [0.1, 0.15) is 56.1 Å². The van der Waals surface area contributed by atoms with Gasteiger partial charge in [-0.3, -0.25) is 19.3 Å². The Hall–Kier alpha value is -2.90. The van der Waals surface area contributed by atoms with E-state index in [4.69, 9.17) is 11.6 Å². The Kier molecular flexibility index (Phi) is 9.43. The molecule has 0 radical (unpaired) electrons. The van der Waals surface area contributed by atoms with E-state index in [1.54, 1.807) is 0 Å². The van der Waals surface area contributed by atoms with Crippen molar-refractivity contribution in [2.24, 2.45) is 5.92 Å². The maximum absolute atomic E-state index is 13.7. The normalized spacial score (nSPS) is 20.0. The summed E-state index contributed by atoms with van der Waals surface area (Å²) in [6.07, 6.45) is 8.30. The molecule has 5 rings (SSSR count). The van der Waals surface area contributed by atoms with Crippen LogP contribution < -0.4 is 10.6 Å². The summed E-state index contributed by atoms with van der Waals surface area (Å²) >= 11 is 6.06. The van der Waals surface area contributed by atoms with Crippen LogP contribution >= 0.6 is 11.6 Å². The Morgan fingerprint density at radius 2 is 1.55 bits per heavy atom. The highest BCUT2D eigenvalue weighted by Crippen LogP contribution is 2.34. The number of carbonyl (C=O) groups excluding carboxylic acids is 3. The second kappa shape index (κ2) is 13.2. The molecule has 214 valence electrons. The molecule has 0 bridgehead atoms. The average molecular weight is 565 g/mol. The van der Waals surface area contributed by atoms with Crippen LogP contribution in [0.3, 0.4) is 0 Å². The molecule has 40 heavy (non-hydrogen) atoms. The standard InChI is InChI=1S/C32H41ClN4O3/c33-27-13-9-25(10-14-27)21-28(35-30(39)26-11-12-26)31(40)36-17-19-37(20-18-36)32(15-5-2-6-16-32)23-34-29(38)22-24-7-3-1-4-8-24/h1,3-4,7-10,13-14,26,28H,2,5-6,11-12,15-23H2,(H,34,38)(H,35,39)/t28-/m1/s1. The van der Waals surface area contributed by atoms with Gasteiger partial charge in [-0.25, -0.2) is 0 Å². The molecule has 1 saturated heterocycles. The fraction of sp³-hybridized carbons (Fsp3) is 0.531. The molecule has 0 aromatic heterocycles. The predicted molar refractivity (Wildman–Crippen MR) is 157 cm³/mol. The van der Waals surface area contributed by atoms with Crippen LogP contribution in [0.5, 0.6) is 0 Å². The van der Waals surface area contributed by atoms with Gasteiger partial charge in [0, 0.05) is 55.6 Å². The van der Waals surface area contributed by atoms with Gasteiger partial charge < -0.3 is 15.5 Å². The third-order valence-corrected chi connectivity index (χ3v) is 9.04. The van der Waals surface area contributed by atoms with Crippen LogP contribution in [-0.4, -0.2) is 71.8 Å². The Morgan fingerprint density at radius 1 is 0.875 bits per heavy atom. The number of amides is 3. The fourth-order valence-electron chi connectivity index (χ4n) is 6.23. The highest BCUT2D eigenvalue weighted by Gasteiger charge is 2.41. The fourth-order valence-corrected chi connectivity index (χ4v) is 6.36. The molecule has 2 aliphatic carbocycles. The number of halogens is 1. The van der Waals surface area contributed by atoms with Crippen molar-refractivity contribution in [3.63, 3.8) is 0 Å². The number of nitrogens with zero attached hydrogens (tertiary/aromatic N) is 2. The largest absolute Gasteiger partial charge is 0.354 e. The third kappa shape index (κ3) is 7.43. The smallest absolute Gasteiger partial charge is 0.245 e. The highest BCUT2D eigenvalue weighted by molar-refractivity contribution is 6.30. The zero-order valence-corrected chi connectivity index (χ0v) is 24.0. The quantitative estimate of drug-likeness (QED) is 0.457. The zero-order valence-electron chi connectivity index (χ0n) is 23.2. The molecular weight excluding hydrogens is 524 g/mol. The van der Waals surface area contributed by atoms with Crippen LogP contribution in [-0.2, 0) is 27.2 Å². The first-order valence-electron chi connectivity index (χ1n) is 14.8. The van der Waals surface area contributed by atoms with E-state index < -0.39 is 6.04 Å². The van der Waals surface area contributed by atoms with Crippen LogP contribution in [0.2, 0.25) is 5.02 Å². The summed E-state index contributed by atoms with van der Waals surface area (Å²) < 4.78 is 0. The van der Waals surface area contributed by atoms with E-state index in [9.17, 15) is 14.4 Å². The van der Waals surface area contributed by atoms with E-state index in [-0.39, 0.29) is 29.2 Å². The first-order valence-corrected chi connectivity index (χ1v) is 15.2. The number of carbonyl (C=O) groups is 3. The van der Waals surface area contributed by atoms with Gasteiger partial charge in [0.1, 0.15) is 6.04 Å². The van der Waals surface area contributed by atoms with Crippen LogP contribution in [0, 0.1) is 5.92 Å². The number of benzene rings is 2. The van der Waals surface area contributed by atoms with Gasteiger partial charge in [-0.15, -0.1) is 0 Å². The lowest BCUT2D eigenvalue weighted by atomic mass is 9.79. The van der Waals surface area contributed by atoms with Crippen molar-refractivity contribution < 1.29 is 14.4 Å². The van der Waals surface area contributed by atoms with Crippen molar-refractivity contribution in [3.8, 4) is 0 Å². The SMILES string of the molecule is O=C(Cc1ccccc1)NCC1(N2CCN(C(=O)[C@@H](Cc3ccc(Cl)cc3)NC(=O)C3CC3)CC2)CCCCC1. The number of piperazine rings is 1. The Morgan fingerprint density at radius 3 is 2.20 bits per heavy atom. The highest BCUT2D eigenvalue weighted by atomic mass is 35.5. The van der Waals surface area contributed by atoms with Crippen molar-refractivity contribution >= 4 is 29.3 Å². The van der Waals surface area contributed by atoms with Crippen molar-refractivity contribution in [2.75, 3.05) is 32.7 Å². The zero-order chi connectivity index (χ0) is 28.0. The minimum atomic E-state index is -0.582. The Bertz CT molecular complexity index is 1150. The molecule has 3 amide bonds. The molecule has 7 nitrogen and oxygen atoms in total. The van der Waals surface area contributed by atoms with E-state index in [2.05, 4.69) is 15.5 Å². The number of hydrogen-bond donors (Lipinski definition) is 2. The van der Waals surface area contributed by atoms with Gasteiger partial charge in [0.05, 0.1) is 6.42 Å². The lowest BCUT2D eigenvalue weighted by Crippen LogP contribution is -2.63. The molecule has 1 aliphatic heterocycles. The summed E-state index contributed by atoms with van der Waals surface area (Å²) in [5, 5.41) is 6.94. The maximum Gasteiger partial charge on any atom is 0.245 e. The molecule has 0 spiro atoms. The predicted octanol–water partition coefficient (Wildman–Crippen LogP) is 3.98. The van der Waals surface area contributed by atoms with Crippen molar-refractivity contribution in [3.05, 3.63) is 70.7 Å². The van der Waals surface area contributed by atoms with E-state index in [1.807, 2.05) is 59.5 Å². The maximum atomic E-state index is 13.7. The summed E-state index contributed by atoms with van der Waals surface area (Å²) in [7, 11) is 0. The van der Waals surface area contributed by atoms with Crippen molar-refractivity contribution in [2.45, 2.75) is 69.4 Å². The number of nitrogens with one attached hydrogen (secondary N) is 2. The molecular formula is C32H41ClN4O3. The summed E-state index contributed by atoms with van der Waals surface area (Å²) in [5.74, 6) is 0.0674. The van der Waals surface area contributed by atoms with Gasteiger partial charge >= 0.3 is 0 Å². The van der Waals surface area contributed by atoms with Crippen LogP contribution in [0.15, 0.2) is 54.6 Å². The molecule has 2 aromatic carbocycles. The Labute approximate surface area is 242 Å². The molecule has 0 unspecified atom stereocenters. The molecule has 8 heteroatoms. The summed E-state index contributed by atoms with van der Waals surface area (Å²) in [6.45, 7) is 3.42. The lowest BCUT2D eigenvalue weighted by Gasteiger charge is -2.50. The van der Waals surface area contributed by atoms with Crippen LogP contribution in [0.4, 0.5) is 0 Å². The van der Waals surface area contributed by atoms with Crippen molar-refractivity contribution in [1.29, 1.82) is 0 Å². The molecule has 3 fully saturated rings. The topological polar surface area (TPSA) is 81.8 Å². The molecule has 2 N–H and O–H groups in total. The summed E-state index contributed by atoms with van der Waals surface area (Å²) in [6, 6.07) is 16.8. The van der Waals surface area contributed by atoms with Gasteiger partial charge in [-0.2, -0.15) is 0 Å². The van der Waals surface area contributed by atoms with Gasteiger partial charge in [0.25, 0.3) is 0 Å². The van der Waals surface area contributed by atoms with Gasteiger partial charge in [0.2, 0.25) is 17.7 Å². The average Bonchev–Trinajstić information content (AvgIpc) is 3.84. The number of hydrogen-bond acceptors (Lipinski definition) is 4. The first-order chi connectivity index (χ1) is 19.4. The second-order valence-corrected chi connectivity index (χ2v) is 12.1. The van der Waals surface area contributed by atoms with Gasteiger partial charge in [-0.1, -0.05) is 73.3 Å². The molecule has 2 saturated carbocycles. The molecule has 1 heterocycles. The molecule has 2 aromatic rings. The summed E-state index contributed by atoms with van der Waals surface area (Å²) in [5.41, 5.74) is 1.93. The number of rotatable bonds is 10. The van der Waals surface area contributed by atoms with Gasteiger partial charge in [-0.05, 0) is 48.9 Å². The second-order valence-electron chi connectivity index (χ2n) is 11.7. The first kappa shape index (κ1) is 28.6. The third-order valence-electron chi connectivity index (χ3n) is 8.78. The van der Waals surface area contributed by atoms with Gasteiger partial charge in [0.15, 0.2) is 0 Å². The lowest BCUT2D eigenvalue weighted by molar-refractivity contribution is -0.139. The van der Waals surface area contributed by atoms with E-state index in [1.165, 1.54) is 6.42 Å². The van der Waals surface area contributed by atoms with Crippen molar-refractivity contribution in [1.82, 2.24) is 20.4 Å². The Balaban J connectivity index is 1.20. The molecule has 1 atom stereocenters. The summed E-state index contributed by atoms with van der Waals surface area (Å²) in [4.78, 5) is 43.6. The van der Waals surface area contributed by atoms with E-state index in [0.717, 1.165) is 62.7 Å². The van der Waals surface area contributed by atoms with E-state index in [0.29, 0.717) is 37.5 Å². The molecule has 3 aliphatic rings. The van der Waals surface area contributed by atoms with Crippen LogP contribution in [0.25, 0.3) is 0 Å². The minimum Gasteiger partial charge on any atom is -0.354 e. The minimum absolute atomic E-state index is 0.0154. The van der Waals surface area contributed by atoms with E-state index >= 15 is 0 Å². The monoisotopic (exact) mass is 564 g/mol.